The molecule has 3 aromatic carbocycles. The van der Waals surface area contributed by atoms with E-state index in [1.165, 1.54) is 30.2 Å². The van der Waals surface area contributed by atoms with Crippen LogP contribution in [0.3, 0.4) is 0 Å². The number of sulfonamides is 1. The number of ether oxygens (including phenoxy) is 1. The van der Waals surface area contributed by atoms with Crippen LogP contribution in [0.15, 0.2) is 66.7 Å². The summed E-state index contributed by atoms with van der Waals surface area (Å²) in [6.07, 6.45) is 2.80. The van der Waals surface area contributed by atoms with Crippen LogP contribution in [0.25, 0.3) is 0 Å². The van der Waals surface area contributed by atoms with Crippen LogP contribution in [-0.4, -0.2) is 57.6 Å². The van der Waals surface area contributed by atoms with Gasteiger partial charge in [0, 0.05) is 35.1 Å². The fraction of sp³-hybridized carbons (Fsp3) is 0.333. The van der Waals surface area contributed by atoms with Gasteiger partial charge in [0.1, 0.15) is 18.3 Å². The summed E-state index contributed by atoms with van der Waals surface area (Å²) in [5.41, 5.74) is 1.42. The minimum Gasteiger partial charge on any atom is -0.495 e. The van der Waals surface area contributed by atoms with E-state index in [9.17, 15) is 18.0 Å². The normalized spacial score (nSPS) is 12.0. The highest BCUT2D eigenvalue weighted by Crippen LogP contribution is 2.31. The summed E-state index contributed by atoms with van der Waals surface area (Å²) in [6.45, 7) is 1.71. The first-order valence-electron chi connectivity index (χ1n) is 13.3. The third-order valence-corrected chi connectivity index (χ3v) is 8.74. The van der Waals surface area contributed by atoms with Crippen molar-refractivity contribution in [3.8, 4) is 5.75 Å². The second-order valence-electron chi connectivity index (χ2n) is 9.66. The van der Waals surface area contributed by atoms with Gasteiger partial charge in [-0.1, -0.05) is 84.5 Å². The Balaban J connectivity index is 2.09. The van der Waals surface area contributed by atoms with Gasteiger partial charge in [-0.25, -0.2) is 8.42 Å². The highest BCUT2D eigenvalue weighted by Gasteiger charge is 2.33. The Labute approximate surface area is 262 Å². The first-order valence-corrected chi connectivity index (χ1v) is 16.3. The molecule has 0 spiro atoms. The number of rotatable bonds is 14. The summed E-state index contributed by atoms with van der Waals surface area (Å²) in [4.78, 5) is 29.2. The largest absolute Gasteiger partial charge is 0.495 e. The van der Waals surface area contributed by atoms with Crippen LogP contribution in [0.1, 0.15) is 30.9 Å². The minimum atomic E-state index is -3.96. The van der Waals surface area contributed by atoms with Crippen molar-refractivity contribution in [2.45, 2.75) is 38.8 Å². The number of halogens is 3. The standard InChI is InChI=1S/C30H34Cl3N3O5S/c1-4-5-16-34-30(38)27(17-21-10-7-6-8-11-21)35(19-23-24(31)12-9-13-25(23)32)29(37)20-36(42(3,39)40)22-14-15-28(41-2)26(33)18-22/h6-15,18,27H,4-5,16-17,19-20H2,1-3H3,(H,34,38). The Morgan fingerprint density at radius 2 is 1.62 bits per heavy atom. The van der Waals surface area contributed by atoms with Crippen molar-refractivity contribution in [2.24, 2.45) is 0 Å². The molecule has 0 heterocycles. The fourth-order valence-corrected chi connectivity index (χ4v) is 5.95. The van der Waals surface area contributed by atoms with Crippen LogP contribution in [0.5, 0.6) is 5.75 Å². The Bertz CT molecular complexity index is 1470. The molecule has 0 saturated carbocycles. The zero-order valence-corrected chi connectivity index (χ0v) is 26.7. The van der Waals surface area contributed by atoms with Crippen molar-refractivity contribution < 1.29 is 22.7 Å². The molecule has 2 amide bonds. The molecule has 0 bridgehead atoms. The molecule has 0 aliphatic carbocycles. The molecule has 8 nitrogen and oxygen atoms in total. The number of carbonyl (C=O) groups excluding carboxylic acids is 2. The quantitative estimate of drug-likeness (QED) is 0.216. The van der Waals surface area contributed by atoms with Crippen LogP contribution in [0.2, 0.25) is 15.1 Å². The number of benzene rings is 3. The van der Waals surface area contributed by atoms with Gasteiger partial charge in [0.25, 0.3) is 0 Å². The molecule has 0 aliphatic rings. The lowest BCUT2D eigenvalue weighted by molar-refractivity contribution is -0.140. The third-order valence-electron chi connectivity index (χ3n) is 6.59. The van der Waals surface area contributed by atoms with Crippen molar-refractivity contribution in [2.75, 3.05) is 30.8 Å². The van der Waals surface area contributed by atoms with Crippen molar-refractivity contribution in [3.05, 3.63) is 92.9 Å². The van der Waals surface area contributed by atoms with E-state index < -0.39 is 28.5 Å². The number of amides is 2. The molecule has 0 aromatic heterocycles. The monoisotopic (exact) mass is 653 g/mol. The number of nitrogens with zero attached hydrogens (tertiary/aromatic N) is 2. The molecule has 12 heteroatoms. The molecular weight excluding hydrogens is 621 g/mol. The van der Waals surface area contributed by atoms with Gasteiger partial charge in [-0.15, -0.1) is 0 Å². The molecule has 1 atom stereocenters. The van der Waals surface area contributed by atoms with Crippen molar-refractivity contribution in [3.63, 3.8) is 0 Å². The van der Waals surface area contributed by atoms with Crippen molar-refractivity contribution >= 4 is 62.3 Å². The Hall–Kier alpha value is -2.98. The lowest BCUT2D eigenvalue weighted by Crippen LogP contribution is -2.53. The summed E-state index contributed by atoms with van der Waals surface area (Å²) in [7, 11) is -2.52. The second-order valence-corrected chi connectivity index (χ2v) is 12.8. The number of nitrogens with one attached hydrogen (secondary N) is 1. The number of carbonyl (C=O) groups is 2. The van der Waals surface area contributed by atoms with Crippen LogP contribution < -0.4 is 14.4 Å². The third kappa shape index (κ3) is 9.01. The van der Waals surface area contributed by atoms with Gasteiger partial charge in [0.15, 0.2) is 0 Å². The van der Waals surface area contributed by atoms with E-state index in [0.717, 1.165) is 29.0 Å². The van der Waals surface area contributed by atoms with Crippen LogP contribution >= 0.6 is 34.8 Å². The van der Waals surface area contributed by atoms with E-state index in [-0.39, 0.29) is 29.6 Å². The average Bonchev–Trinajstić information content (AvgIpc) is 2.94. The van der Waals surface area contributed by atoms with E-state index >= 15 is 0 Å². The maximum absolute atomic E-state index is 14.2. The van der Waals surface area contributed by atoms with Crippen LogP contribution in [-0.2, 0) is 32.6 Å². The maximum Gasteiger partial charge on any atom is 0.244 e. The van der Waals surface area contributed by atoms with Crippen LogP contribution in [0, 0.1) is 0 Å². The molecule has 1 N–H and O–H groups in total. The molecule has 0 fully saturated rings. The van der Waals surface area contributed by atoms with E-state index in [1.807, 2.05) is 37.3 Å². The molecule has 0 radical (unpaired) electrons. The van der Waals surface area contributed by atoms with Gasteiger partial charge in [-0.2, -0.15) is 0 Å². The second kappa shape index (κ2) is 15.5. The average molecular weight is 655 g/mol. The first kappa shape index (κ1) is 33.5. The molecule has 0 aliphatic heterocycles. The lowest BCUT2D eigenvalue weighted by atomic mass is 10.0. The SMILES string of the molecule is CCCCNC(=O)C(Cc1ccccc1)N(Cc1c(Cl)cccc1Cl)C(=O)CN(c1ccc(OC)c(Cl)c1)S(C)(=O)=O. The van der Waals surface area contributed by atoms with Crippen LogP contribution in [0.4, 0.5) is 5.69 Å². The topological polar surface area (TPSA) is 96.0 Å². The predicted molar refractivity (Wildman–Crippen MR) is 169 cm³/mol. The summed E-state index contributed by atoms with van der Waals surface area (Å²) in [5.74, 6) is -0.654. The molecule has 42 heavy (non-hydrogen) atoms. The fourth-order valence-electron chi connectivity index (χ4n) is 4.34. The molecule has 1 unspecified atom stereocenters. The summed E-state index contributed by atoms with van der Waals surface area (Å²) < 4.78 is 32.0. The van der Waals surface area contributed by atoms with E-state index in [1.54, 1.807) is 18.2 Å². The lowest BCUT2D eigenvalue weighted by Gasteiger charge is -2.34. The van der Waals surface area contributed by atoms with Gasteiger partial charge in [-0.3, -0.25) is 13.9 Å². The van der Waals surface area contributed by atoms with Crippen molar-refractivity contribution in [1.82, 2.24) is 10.2 Å². The van der Waals surface area contributed by atoms with Crippen molar-refractivity contribution in [1.29, 1.82) is 0 Å². The highest BCUT2D eigenvalue weighted by molar-refractivity contribution is 7.92. The minimum absolute atomic E-state index is 0.128. The molecule has 3 rings (SSSR count). The summed E-state index contributed by atoms with van der Waals surface area (Å²) in [5, 5.41) is 3.73. The van der Waals surface area contributed by atoms with Gasteiger partial charge in [-0.05, 0) is 42.3 Å². The van der Waals surface area contributed by atoms with Gasteiger partial charge in [0.2, 0.25) is 21.8 Å². The number of hydrogen-bond acceptors (Lipinski definition) is 5. The van der Waals surface area contributed by atoms with E-state index in [2.05, 4.69) is 5.32 Å². The molecular formula is C30H34Cl3N3O5S. The van der Waals surface area contributed by atoms with E-state index in [0.29, 0.717) is 27.9 Å². The van der Waals surface area contributed by atoms with E-state index in [4.69, 9.17) is 39.5 Å². The Morgan fingerprint density at radius 1 is 0.952 bits per heavy atom. The van der Waals surface area contributed by atoms with Gasteiger partial charge < -0.3 is 15.0 Å². The highest BCUT2D eigenvalue weighted by atomic mass is 35.5. The maximum atomic E-state index is 14.2. The molecule has 226 valence electrons. The number of anilines is 1. The predicted octanol–water partition coefficient (Wildman–Crippen LogP) is 5.98. The number of unbranched alkanes of at least 4 members (excludes halogenated alkanes) is 1. The molecule has 0 saturated heterocycles. The summed E-state index contributed by atoms with van der Waals surface area (Å²) >= 11 is 19.3. The Kier molecular flexibility index (Phi) is 12.4. The zero-order chi connectivity index (χ0) is 30.9. The first-order chi connectivity index (χ1) is 20.0. The smallest absolute Gasteiger partial charge is 0.244 e. The zero-order valence-electron chi connectivity index (χ0n) is 23.6. The van der Waals surface area contributed by atoms with Gasteiger partial charge in [0.05, 0.1) is 24.1 Å². The Morgan fingerprint density at radius 3 is 2.19 bits per heavy atom. The number of hydrogen-bond donors (Lipinski definition) is 1. The summed E-state index contributed by atoms with van der Waals surface area (Å²) in [6, 6.07) is 17.6. The molecule has 3 aromatic rings. The number of methoxy groups -OCH3 is 1. The van der Waals surface area contributed by atoms with Gasteiger partial charge >= 0.3 is 0 Å².